The summed E-state index contributed by atoms with van der Waals surface area (Å²) in [7, 11) is 1.54. The summed E-state index contributed by atoms with van der Waals surface area (Å²) in [5, 5.41) is 2.57. The minimum atomic E-state index is -0.559. The van der Waals surface area contributed by atoms with Crippen molar-refractivity contribution in [2.45, 2.75) is 13.3 Å². The van der Waals surface area contributed by atoms with Crippen LogP contribution in [0.15, 0.2) is 40.9 Å². The van der Waals surface area contributed by atoms with Crippen molar-refractivity contribution in [1.29, 1.82) is 0 Å². The van der Waals surface area contributed by atoms with Gasteiger partial charge in [-0.25, -0.2) is 4.39 Å². The molecule has 5 nitrogen and oxygen atoms in total. The largest absolute Gasteiger partial charge is 0.495 e. The average Bonchev–Trinajstić information content (AvgIpc) is 2.99. The lowest BCUT2D eigenvalue weighted by molar-refractivity contribution is -0.122. The molecule has 1 N–H and O–H groups in total. The molecule has 0 radical (unpaired) electrons. The van der Waals surface area contributed by atoms with Gasteiger partial charge in [-0.3, -0.25) is 9.59 Å². The number of aryl methyl sites for hydroxylation is 1. The Labute approximate surface area is 159 Å². The maximum Gasteiger partial charge on any atom is 0.229 e. The van der Waals surface area contributed by atoms with Crippen molar-refractivity contribution < 1.29 is 18.7 Å². The Hall–Kier alpha value is -2.41. The van der Waals surface area contributed by atoms with E-state index in [9.17, 15) is 14.0 Å². The average molecular weight is 421 g/mol. The standard InChI is InChI=1S/C19H18BrFN2O3/c1-11-3-6-17(26-2)16(7-11)23-10-12(8-18(23)24)19(25)22-15-5-4-13(20)9-14(15)21/h3-7,9,12H,8,10H2,1-2H3,(H,22,25). The van der Waals surface area contributed by atoms with Gasteiger partial charge >= 0.3 is 0 Å². The predicted octanol–water partition coefficient (Wildman–Crippen LogP) is 3.90. The highest BCUT2D eigenvalue weighted by molar-refractivity contribution is 9.10. The number of amides is 2. The highest BCUT2D eigenvalue weighted by Crippen LogP contribution is 2.34. The fraction of sp³-hybridized carbons (Fsp3) is 0.263. The Bertz CT molecular complexity index is 872. The van der Waals surface area contributed by atoms with Gasteiger partial charge in [0.25, 0.3) is 0 Å². The molecule has 3 rings (SSSR count). The van der Waals surface area contributed by atoms with Crippen molar-refractivity contribution in [3.63, 3.8) is 0 Å². The van der Waals surface area contributed by atoms with Crippen LogP contribution in [-0.4, -0.2) is 25.5 Å². The topological polar surface area (TPSA) is 58.6 Å². The monoisotopic (exact) mass is 420 g/mol. The fourth-order valence-corrected chi connectivity index (χ4v) is 3.29. The zero-order chi connectivity index (χ0) is 18.8. The number of carbonyl (C=O) groups excluding carboxylic acids is 2. The lowest BCUT2D eigenvalue weighted by Crippen LogP contribution is -2.28. The van der Waals surface area contributed by atoms with Gasteiger partial charge < -0.3 is 15.0 Å². The van der Waals surface area contributed by atoms with Gasteiger partial charge in [0.2, 0.25) is 11.8 Å². The van der Waals surface area contributed by atoms with Gasteiger partial charge in [0.15, 0.2) is 0 Å². The number of rotatable bonds is 4. The van der Waals surface area contributed by atoms with E-state index in [-0.39, 0.29) is 30.5 Å². The number of benzene rings is 2. The molecule has 1 fully saturated rings. The number of nitrogens with zero attached hydrogens (tertiary/aromatic N) is 1. The van der Waals surface area contributed by atoms with Crippen LogP contribution in [0.1, 0.15) is 12.0 Å². The third-order valence-electron chi connectivity index (χ3n) is 4.31. The molecule has 1 heterocycles. The van der Waals surface area contributed by atoms with E-state index in [1.807, 2.05) is 19.1 Å². The van der Waals surface area contributed by atoms with Crippen LogP contribution in [0.4, 0.5) is 15.8 Å². The number of halogens is 2. The van der Waals surface area contributed by atoms with Crippen LogP contribution in [0.5, 0.6) is 5.75 Å². The number of ether oxygens (including phenoxy) is 1. The number of nitrogens with one attached hydrogen (secondary N) is 1. The van der Waals surface area contributed by atoms with Crippen molar-refractivity contribution in [3.05, 3.63) is 52.3 Å². The summed E-state index contributed by atoms with van der Waals surface area (Å²) in [5.74, 6) is -1.06. The van der Waals surface area contributed by atoms with Gasteiger partial charge in [-0.05, 0) is 42.8 Å². The molecule has 2 amide bonds. The van der Waals surface area contributed by atoms with Crippen molar-refractivity contribution >= 4 is 39.1 Å². The molecule has 1 aliphatic rings. The molecular formula is C19H18BrFN2O3. The second-order valence-electron chi connectivity index (χ2n) is 6.19. The molecule has 0 aromatic heterocycles. The van der Waals surface area contributed by atoms with E-state index in [0.717, 1.165) is 5.56 Å². The van der Waals surface area contributed by atoms with E-state index in [2.05, 4.69) is 21.2 Å². The van der Waals surface area contributed by atoms with Crippen LogP contribution < -0.4 is 15.0 Å². The van der Waals surface area contributed by atoms with Crippen molar-refractivity contribution in [2.75, 3.05) is 23.9 Å². The van der Waals surface area contributed by atoms with Crippen LogP contribution in [-0.2, 0) is 9.59 Å². The smallest absolute Gasteiger partial charge is 0.229 e. The predicted molar refractivity (Wildman–Crippen MR) is 101 cm³/mol. The Morgan fingerprint density at radius 3 is 2.77 bits per heavy atom. The zero-order valence-electron chi connectivity index (χ0n) is 14.4. The van der Waals surface area contributed by atoms with E-state index in [1.54, 1.807) is 17.0 Å². The van der Waals surface area contributed by atoms with E-state index < -0.39 is 11.7 Å². The minimum absolute atomic E-state index is 0.0705. The van der Waals surface area contributed by atoms with Crippen molar-refractivity contribution in [1.82, 2.24) is 0 Å². The molecule has 1 saturated heterocycles. The van der Waals surface area contributed by atoms with Crippen molar-refractivity contribution in [2.24, 2.45) is 5.92 Å². The Balaban J connectivity index is 1.77. The highest BCUT2D eigenvalue weighted by atomic mass is 79.9. The first-order valence-electron chi connectivity index (χ1n) is 8.10. The van der Waals surface area contributed by atoms with Gasteiger partial charge in [-0.15, -0.1) is 0 Å². The number of hydrogen-bond acceptors (Lipinski definition) is 3. The SMILES string of the molecule is COc1ccc(C)cc1N1CC(C(=O)Nc2ccc(Br)cc2F)CC1=O. The minimum Gasteiger partial charge on any atom is -0.495 e. The molecule has 0 aliphatic carbocycles. The lowest BCUT2D eigenvalue weighted by atomic mass is 10.1. The van der Waals surface area contributed by atoms with Crippen LogP contribution in [0.25, 0.3) is 0 Å². The maximum absolute atomic E-state index is 13.9. The van der Waals surface area contributed by atoms with E-state index in [1.165, 1.54) is 19.2 Å². The Kier molecular flexibility index (Phi) is 5.27. The molecule has 2 aromatic rings. The Morgan fingerprint density at radius 2 is 2.08 bits per heavy atom. The molecule has 1 aliphatic heterocycles. The van der Waals surface area contributed by atoms with E-state index >= 15 is 0 Å². The third-order valence-corrected chi connectivity index (χ3v) is 4.80. The molecular weight excluding hydrogens is 403 g/mol. The molecule has 0 spiro atoms. The number of methoxy groups -OCH3 is 1. The molecule has 2 aromatic carbocycles. The molecule has 0 saturated carbocycles. The quantitative estimate of drug-likeness (QED) is 0.815. The van der Waals surface area contributed by atoms with Gasteiger partial charge in [0, 0.05) is 17.4 Å². The molecule has 1 atom stereocenters. The maximum atomic E-state index is 13.9. The van der Waals surface area contributed by atoms with Crippen LogP contribution in [0.3, 0.4) is 0 Å². The molecule has 26 heavy (non-hydrogen) atoms. The Morgan fingerprint density at radius 1 is 1.31 bits per heavy atom. The first-order chi connectivity index (χ1) is 12.4. The van der Waals surface area contributed by atoms with E-state index in [0.29, 0.717) is 15.9 Å². The second-order valence-corrected chi connectivity index (χ2v) is 7.11. The van der Waals surface area contributed by atoms with Gasteiger partial charge in [0.05, 0.1) is 24.4 Å². The molecule has 1 unspecified atom stereocenters. The van der Waals surface area contributed by atoms with Crippen LogP contribution in [0.2, 0.25) is 0 Å². The van der Waals surface area contributed by atoms with Gasteiger partial charge in [-0.1, -0.05) is 22.0 Å². The number of anilines is 2. The summed E-state index contributed by atoms with van der Waals surface area (Å²) in [5.41, 5.74) is 1.72. The van der Waals surface area contributed by atoms with Crippen LogP contribution in [0, 0.1) is 18.7 Å². The first kappa shape index (κ1) is 18.4. The summed E-state index contributed by atoms with van der Waals surface area (Å²) in [6.45, 7) is 2.15. The second kappa shape index (κ2) is 7.45. The third kappa shape index (κ3) is 3.72. The summed E-state index contributed by atoms with van der Waals surface area (Å²) in [6, 6.07) is 9.94. The number of hydrogen-bond donors (Lipinski definition) is 1. The van der Waals surface area contributed by atoms with Gasteiger partial charge in [0.1, 0.15) is 11.6 Å². The lowest BCUT2D eigenvalue weighted by Gasteiger charge is -2.20. The first-order valence-corrected chi connectivity index (χ1v) is 8.89. The summed E-state index contributed by atoms with van der Waals surface area (Å²) < 4.78 is 19.8. The molecule has 7 heteroatoms. The van der Waals surface area contributed by atoms with Crippen molar-refractivity contribution in [3.8, 4) is 5.75 Å². The summed E-state index contributed by atoms with van der Waals surface area (Å²) in [6.07, 6.45) is 0.0705. The highest BCUT2D eigenvalue weighted by Gasteiger charge is 2.36. The van der Waals surface area contributed by atoms with Gasteiger partial charge in [-0.2, -0.15) is 0 Å². The van der Waals surface area contributed by atoms with Crippen LogP contribution >= 0.6 is 15.9 Å². The summed E-state index contributed by atoms with van der Waals surface area (Å²) in [4.78, 5) is 26.5. The fourth-order valence-electron chi connectivity index (χ4n) is 2.95. The normalized spacial score (nSPS) is 16.7. The summed E-state index contributed by atoms with van der Waals surface area (Å²) >= 11 is 3.17. The zero-order valence-corrected chi connectivity index (χ0v) is 16.0. The molecule has 0 bridgehead atoms. The number of carbonyl (C=O) groups is 2. The van der Waals surface area contributed by atoms with E-state index in [4.69, 9.17) is 4.74 Å². The molecule has 136 valence electrons.